The fourth-order valence-corrected chi connectivity index (χ4v) is 3.67. The summed E-state index contributed by atoms with van der Waals surface area (Å²) in [5.74, 6) is 1.03. The molecule has 0 atom stereocenters. The number of imidazole rings is 1. The van der Waals surface area contributed by atoms with Gasteiger partial charge in [0.05, 0.1) is 23.7 Å². The van der Waals surface area contributed by atoms with E-state index in [0.29, 0.717) is 24.6 Å². The van der Waals surface area contributed by atoms with Crippen LogP contribution in [0.4, 0.5) is 0 Å². The lowest BCUT2D eigenvalue weighted by molar-refractivity contribution is 0.0519. The molecule has 27 heavy (non-hydrogen) atoms. The van der Waals surface area contributed by atoms with Crippen LogP contribution >= 0.6 is 0 Å². The van der Waals surface area contributed by atoms with Gasteiger partial charge in [0.1, 0.15) is 12.2 Å². The van der Waals surface area contributed by atoms with Gasteiger partial charge in [0.25, 0.3) is 0 Å². The molecule has 0 spiro atoms. The van der Waals surface area contributed by atoms with Crippen molar-refractivity contribution in [1.82, 2.24) is 19.5 Å². The molecule has 3 heterocycles. The zero-order chi connectivity index (χ0) is 18.5. The molecule has 6 heteroatoms. The highest BCUT2D eigenvalue weighted by Gasteiger charge is 2.30. The summed E-state index contributed by atoms with van der Waals surface area (Å²) in [6.45, 7) is 4.20. The molecule has 0 bridgehead atoms. The first-order valence-corrected chi connectivity index (χ1v) is 9.36. The number of carbonyl (C=O) groups is 1. The summed E-state index contributed by atoms with van der Waals surface area (Å²) < 4.78 is 7.19. The van der Waals surface area contributed by atoms with E-state index in [-0.39, 0.29) is 5.97 Å². The maximum Gasteiger partial charge on any atom is 0.358 e. The molecule has 0 saturated heterocycles. The molecule has 1 saturated carbocycles. The fraction of sp³-hybridized carbons (Fsp3) is 0.333. The molecule has 1 aliphatic carbocycles. The summed E-state index contributed by atoms with van der Waals surface area (Å²) in [6.07, 6.45) is 6.49. The molecule has 1 aromatic carbocycles. The third-order valence-electron chi connectivity index (χ3n) is 5.19. The van der Waals surface area contributed by atoms with E-state index in [9.17, 15) is 4.79 Å². The molecule has 0 amide bonds. The van der Waals surface area contributed by atoms with Gasteiger partial charge in [0.15, 0.2) is 5.69 Å². The largest absolute Gasteiger partial charge is 0.461 e. The van der Waals surface area contributed by atoms with Crippen LogP contribution in [0.15, 0.2) is 30.7 Å². The third-order valence-corrected chi connectivity index (χ3v) is 5.19. The minimum atomic E-state index is -0.390. The molecule has 5 rings (SSSR count). The Morgan fingerprint density at radius 3 is 2.93 bits per heavy atom. The molecule has 1 aliphatic heterocycles. The van der Waals surface area contributed by atoms with E-state index in [1.54, 1.807) is 13.3 Å². The van der Waals surface area contributed by atoms with Gasteiger partial charge in [-0.2, -0.15) is 0 Å². The van der Waals surface area contributed by atoms with Gasteiger partial charge in [-0.05, 0) is 38.8 Å². The van der Waals surface area contributed by atoms with E-state index in [0.717, 1.165) is 46.9 Å². The van der Waals surface area contributed by atoms with E-state index < -0.39 is 0 Å². The molecule has 6 nitrogen and oxygen atoms in total. The van der Waals surface area contributed by atoms with Crippen molar-refractivity contribution in [2.45, 2.75) is 39.0 Å². The number of aromatic nitrogens is 4. The standard InChI is InChI=1S/C21H20N4O2/c1-3-27-21(26)19-17-9-14-10-22-20(13-5-6-13)24-18(14)15-8-12(2)4-7-16(15)25(17)11-23-19/h4,7-8,10-11,13H,3,5-6,9H2,1-2H3. The molecule has 0 N–H and O–H groups in total. The summed E-state index contributed by atoms with van der Waals surface area (Å²) in [5.41, 5.74) is 6.36. The predicted molar refractivity (Wildman–Crippen MR) is 100 cm³/mol. The van der Waals surface area contributed by atoms with Crippen LogP contribution in [0.5, 0.6) is 0 Å². The lowest BCUT2D eigenvalue weighted by atomic mass is 10.0. The van der Waals surface area contributed by atoms with E-state index in [2.05, 4.69) is 35.1 Å². The first kappa shape index (κ1) is 16.2. The van der Waals surface area contributed by atoms with Crippen LogP contribution in [0.1, 0.15) is 58.8 Å². The molecular weight excluding hydrogens is 340 g/mol. The van der Waals surface area contributed by atoms with Gasteiger partial charge < -0.3 is 9.30 Å². The zero-order valence-electron chi connectivity index (χ0n) is 15.4. The summed E-state index contributed by atoms with van der Waals surface area (Å²) in [7, 11) is 0. The van der Waals surface area contributed by atoms with Crippen LogP contribution in [0, 0.1) is 6.92 Å². The number of aryl methyl sites for hydroxylation is 1. The van der Waals surface area contributed by atoms with Gasteiger partial charge in [-0.1, -0.05) is 11.6 Å². The Bertz CT molecular complexity index is 1070. The lowest BCUT2D eigenvalue weighted by Crippen LogP contribution is -2.10. The van der Waals surface area contributed by atoms with Crippen molar-refractivity contribution in [3.8, 4) is 16.9 Å². The van der Waals surface area contributed by atoms with Gasteiger partial charge in [-0.3, -0.25) is 0 Å². The third kappa shape index (κ3) is 2.63. The second kappa shape index (κ2) is 6.01. The molecular formula is C21H20N4O2. The normalized spacial score (nSPS) is 14.7. The second-order valence-corrected chi connectivity index (χ2v) is 7.20. The quantitative estimate of drug-likeness (QED) is 0.522. The van der Waals surface area contributed by atoms with Gasteiger partial charge in [-0.15, -0.1) is 0 Å². The SMILES string of the molecule is CCOC(=O)c1ncn2c1Cc1cnc(C3CC3)nc1-c1cc(C)ccc1-2. The number of hydrogen-bond acceptors (Lipinski definition) is 5. The molecule has 2 aliphatic rings. The smallest absolute Gasteiger partial charge is 0.358 e. The number of nitrogens with zero attached hydrogens (tertiary/aromatic N) is 4. The van der Waals surface area contributed by atoms with Crippen molar-refractivity contribution in [1.29, 1.82) is 0 Å². The number of rotatable bonds is 3. The number of esters is 1. The molecule has 0 unspecified atom stereocenters. The van der Waals surface area contributed by atoms with Crippen molar-refractivity contribution < 1.29 is 9.53 Å². The Hall–Kier alpha value is -3.02. The van der Waals surface area contributed by atoms with Crippen LogP contribution in [0.2, 0.25) is 0 Å². The number of fused-ring (bicyclic) bond motifs is 5. The van der Waals surface area contributed by atoms with Crippen LogP contribution in [-0.2, 0) is 11.2 Å². The summed E-state index contributed by atoms with van der Waals surface area (Å²) in [5, 5.41) is 0. The average molecular weight is 360 g/mol. The van der Waals surface area contributed by atoms with E-state index in [4.69, 9.17) is 9.72 Å². The number of carbonyl (C=O) groups excluding carboxylic acids is 1. The topological polar surface area (TPSA) is 69.9 Å². The highest BCUT2D eigenvalue weighted by atomic mass is 16.5. The van der Waals surface area contributed by atoms with Gasteiger partial charge in [0.2, 0.25) is 0 Å². The Balaban J connectivity index is 1.74. The Morgan fingerprint density at radius 1 is 1.30 bits per heavy atom. The lowest BCUT2D eigenvalue weighted by Gasteiger charge is -2.11. The molecule has 1 fully saturated rings. The monoisotopic (exact) mass is 360 g/mol. The molecule has 0 radical (unpaired) electrons. The van der Waals surface area contributed by atoms with E-state index >= 15 is 0 Å². The predicted octanol–water partition coefficient (Wildman–Crippen LogP) is 3.60. The highest BCUT2D eigenvalue weighted by Crippen LogP contribution is 2.41. The van der Waals surface area contributed by atoms with E-state index in [1.807, 2.05) is 10.8 Å². The Labute approximate surface area is 157 Å². The summed E-state index contributed by atoms with van der Waals surface area (Å²) in [4.78, 5) is 26.3. The van der Waals surface area contributed by atoms with Crippen LogP contribution in [0.25, 0.3) is 16.9 Å². The van der Waals surface area contributed by atoms with Crippen molar-refractivity contribution in [3.05, 3.63) is 59.1 Å². The maximum atomic E-state index is 12.4. The maximum absolute atomic E-state index is 12.4. The van der Waals surface area contributed by atoms with Crippen LogP contribution in [0.3, 0.4) is 0 Å². The zero-order valence-corrected chi connectivity index (χ0v) is 15.4. The average Bonchev–Trinajstić information content (AvgIpc) is 3.44. The molecule has 2 aromatic heterocycles. The first-order valence-electron chi connectivity index (χ1n) is 9.36. The van der Waals surface area contributed by atoms with Crippen molar-refractivity contribution in [3.63, 3.8) is 0 Å². The molecule has 136 valence electrons. The number of ether oxygens (including phenoxy) is 1. The van der Waals surface area contributed by atoms with Gasteiger partial charge >= 0.3 is 5.97 Å². The van der Waals surface area contributed by atoms with Crippen molar-refractivity contribution >= 4 is 5.97 Å². The van der Waals surface area contributed by atoms with Crippen LogP contribution in [-0.4, -0.2) is 32.1 Å². The fourth-order valence-electron chi connectivity index (χ4n) is 3.67. The minimum Gasteiger partial charge on any atom is -0.461 e. The Morgan fingerprint density at radius 2 is 2.15 bits per heavy atom. The van der Waals surface area contributed by atoms with E-state index in [1.165, 1.54) is 5.56 Å². The molecule has 3 aromatic rings. The highest BCUT2D eigenvalue weighted by molar-refractivity contribution is 5.89. The van der Waals surface area contributed by atoms with Crippen molar-refractivity contribution in [2.24, 2.45) is 0 Å². The number of hydrogen-bond donors (Lipinski definition) is 0. The second-order valence-electron chi connectivity index (χ2n) is 7.20. The van der Waals surface area contributed by atoms with Gasteiger partial charge in [-0.25, -0.2) is 19.7 Å². The Kier molecular flexibility index (Phi) is 3.60. The van der Waals surface area contributed by atoms with Gasteiger partial charge in [0, 0.05) is 29.7 Å². The first-order chi connectivity index (χ1) is 13.2. The summed E-state index contributed by atoms with van der Waals surface area (Å²) >= 11 is 0. The van der Waals surface area contributed by atoms with Crippen molar-refractivity contribution in [2.75, 3.05) is 6.61 Å². The number of benzene rings is 1. The van der Waals surface area contributed by atoms with Crippen LogP contribution < -0.4 is 0 Å². The minimum absolute atomic E-state index is 0.325. The summed E-state index contributed by atoms with van der Waals surface area (Å²) in [6, 6.07) is 6.29.